The Morgan fingerprint density at radius 3 is 2.70 bits per heavy atom. The second kappa shape index (κ2) is 9.37. The zero-order chi connectivity index (χ0) is 19.1. The minimum atomic E-state index is -0.572. The Bertz CT molecular complexity index is 846. The molecule has 3 rings (SSSR count). The van der Waals surface area contributed by atoms with E-state index in [0.29, 0.717) is 13.2 Å². The van der Waals surface area contributed by atoms with E-state index in [0.717, 1.165) is 12.3 Å². The molecule has 6 nitrogen and oxygen atoms in total. The lowest BCUT2D eigenvalue weighted by molar-refractivity contribution is 0.220. The van der Waals surface area contributed by atoms with Crippen LogP contribution in [-0.2, 0) is 6.54 Å². The molecule has 144 valence electrons. The molecule has 0 aliphatic carbocycles. The van der Waals surface area contributed by atoms with Gasteiger partial charge in [-0.3, -0.25) is 14.5 Å². The molecule has 0 spiro atoms. The van der Waals surface area contributed by atoms with Gasteiger partial charge in [-0.1, -0.05) is 24.6 Å². The molecule has 27 heavy (non-hydrogen) atoms. The quantitative estimate of drug-likeness (QED) is 0.540. The topological polar surface area (TPSA) is 67.9 Å². The number of likely N-dealkylation sites (tertiary alicyclic amines) is 1. The van der Waals surface area contributed by atoms with Gasteiger partial charge in [0.2, 0.25) is 0 Å². The second-order valence-electron chi connectivity index (χ2n) is 6.71. The summed E-state index contributed by atoms with van der Waals surface area (Å²) in [5.74, 6) is 0.960. The van der Waals surface area contributed by atoms with Crippen molar-refractivity contribution >= 4 is 5.69 Å². The lowest BCUT2D eigenvalue weighted by atomic mass is 10.1. The summed E-state index contributed by atoms with van der Waals surface area (Å²) in [7, 11) is 1.38. The van der Waals surface area contributed by atoms with Gasteiger partial charge < -0.3 is 14.8 Å². The van der Waals surface area contributed by atoms with Crippen molar-refractivity contribution in [1.82, 2.24) is 4.90 Å². The van der Waals surface area contributed by atoms with E-state index in [1.54, 1.807) is 0 Å². The summed E-state index contributed by atoms with van der Waals surface area (Å²) in [6.07, 6.45) is 7.65. The summed E-state index contributed by atoms with van der Waals surface area (Å²) in [6, 6.07) is 8.21. The van der Waals surface area contributed by atoms with E-state index in [1.807, 2.05) is 24.3 Å². The van der Waals surface area contributed by atoms with Gasteiger partial charge in [0.1, 0.15) is 18.0 Å². The van der Waals surface area contributed by atoms with E-state index < -0.39 is 10.9 Å². The first kappa shape index (κ1) is 19.2. The average molecular weight is 370 g/mol. The summed E-state index contributed by atoms with van der Waals surface area (Å²) < 4.78 is 10.7. The molecular formula is C21H26N2O4. The maximum atomic E-state index is 11.4. The van der Waals surface area contributed by atoms with E-state index in [4.69, 9.17) is 9.47 Å². The SMILES string of the molecule is COc1c(NC/C=C/COc2cccc(CN3CCCCC3)c2)c(=O)c1=O. The molecule has 1 saturated heterocycles. The predicted octanol–water partition coefficient (Wildman–Crippen LogP) is 2.32. The molecule has 0 aromatic heterocycles. The van der Waals surface area contributed by atoms with Crippen molar-refractivity contribution in [1.29, 1.82) is 0 Å². The molecule has 6 heteroatoms. The van der Waals surface area contributed by atoms with Crippen molar-refractivity contribution in [2.45, 2.75) is 25.8 Å². The van der Waals surface area contributed by atoms with Crippen molar-refractivity contribution in [2.75, 3.05) is 38.7 Å². The molecule has 0 radical (unpaired) electrons. The van der Waals surface area contributed by atoms with Gasteiger partial charge in [0.25, 0.3) is 10.9 Å². The number of methoxy groups -OCH3 is 1. The molecule has 1 fully saturated rings. The van der Waals surface area contributed by atoms with Gasteiger partial charge in [-0.15, -0.1) is 0 Å². The molecule has 0 atom stereocenters. The Morgan fingerprint density at radius 2 is 1.93 bits per heavy atom. The number of nitrogens with one attached hydrogen (secondary N) is 1. The average Bonchev–Trinajstić information content (AvgIpc) is 2.70. The fourth-order valence-electron chi connectivity index (χ4n) is 3.29. The van der Waals surface area contributed by atoms with Crippen LogP contribution in [0.1, 0.15) is 24.8 Å². The largest absolute Gasteiger partial charge is 0.491 e. The molecule has 1 heterocycles. The Hall–Kier alpha value is -2.60. The Balaban J connectivity index is 1.41. The number of anilines is 1. The second-order valence-corrected chi connectivity index (χ2v) is 6.71. The number of rotatable bonds is 9. The van der Waals surface area contributed by atoms with Gasteiger partial charge in [-0.2, -0.15) is 0 Å². The Labute approximate surface area is 159 Å². The molecule has 2 aromatic carbocycles. The Kier molecular flexibility index (Phi) is 6.65. The third-order valence-corrected chi connectivity index (χ3v) is 4.73. The normalized spacial score (nSPS) is 15.3. The molecule has 0 saturated carbocycles. The van der Waals surface area contributed by atoms with E-state index in [1.165, 1.54) is 45.0 Å². The third kappa shape index (κ3) is 4.98. The van der Waals surface area contributed by atoms with Crippen LogP contribution >= 0.6 is 0 Å². The molecule has 0 bridgehead atoms. The number of piperidine rings is 1. The van der Waals surface area contributed by atoms with E-state index in [2.05, 4.69) is 22.3 Å². The first-order valence-electron chi connectivity index (χ1n) is 9.39. The maximum Gasteiger partial charge on any atom is 0.271 e. The summed E-state index contributed by atoms with van der Waals surface area (Å²) in [4.78, 5) is 25.1. The van der Waals surface area contributed by atoms with Crippen molar-refractivity contribution in [2.24, 2.45) is 0 Å². The van der Waals surface area contributed by atoms with Crippen LogP contribution in [0.3, 0.4) is 0 Å². The fraction of sp³-hybridized carbons (Fsp3) is 0.429. The fourth-order valence-corrected chi connectivity index (χ4v) is 3.29. The summed E-state index contributed by atoms with van der Waals surface area (Å²) in [6.45, 7) is 4.20. The molecule has 2 aromatic rings. The van der Waals surface area contributed by atoms with Crippen LogP contribution in [0.25, 0.3) is 0 Å². The standard InChI is InChI=1S/C21H26N2O4/c1-26-21-18(19(24)20(21)25)22-10-3-6-13-27-17-9-7-8-16(14-17)15-23-11-4-2-5-12-23/h3,6-9,14,22H,2,4-5,10-13,15H2,1H3/b6-3+. The summed E-state index contributed by atoms with van der Waals surface area (Å²) in [5.41, 5.74) is 0.421. The van der Waals surface area contributed by atoms with Crippen LogP contribution in [0.2, 0.25) is 0 Å². The Morgan fingerprint density at radius 1 is 1.11 bits per heavy atom. The summed E-state index contributed by atoms with van der Waals surface area (Å²) >= 11 is 0. The van der Waals surface area contributed by atoms with Crippen molar-refractivity contribution in [3.8, 4) is 11.5 Å². The van der Waals surface area contributed by atoms with Gasteiger partial charge in [-0.05, 0) is 49.7 Å². The van der Waals surface area contributed by atoms with Gasteiger partial charge in [-0.25, -0.2) is 0 Å². The highest BCUT2D eigenvalue weighted by Crippen LogP contribution is 2.18. The predicted molar refractivity (Wildman–Crippen MR) is 107 cm³/mol. The molecule has 0 unspecified atom stereocenters. The number of hydrogen-bond acceptors (Lipinski definition) is 6. The molecule has 1 aliphatic rings. The van der Waals surface area contributed by atoms with Gasteiger partial charge in [0, 0.05) is 13.1 Å². The highest BCUT2D eigenvalue weighted by atomic mass is 16.5. The number of benzene rings is 1. The third-order valence-electron chi connectivity index (χ3n) is 4.73. The van der Waals surface area contributed by atoms with Gasteiger partial charge in [0.15, 0.2) is 5.75 Å². The zero-order valence-corrected chi connectivity index (χ0v) is 15.7. The smallest absolute Gasteiger partial charge is 0.271 e. The van der Waals surface area contributed by atoms with E-state index >= 15 is 0 Å². The van der Waals surface area contributed by atoms with Crippen LogP contribution in [0.15, 0.2) is 46.0 Å². The highest BCUT2D eigenvalue weighted by Gasteiger charge is 2.20. The molecule has 1 N–H and O–H groups in total. The highest BCUT2D eigenvalue weighted by molar-refractivity contribution is 5.61. The van der Waals surface area contributed by atoms with Crippen molar-refractivity contribution in [3.63, 3.8) is 0 Å². The van der Waals surface area contributed by atoms with Crippen LogP contribution in [0.4, 0.5) is 5.69 Å². The first-order valence-corrected chi connectivity index (χ1v) is 9.39. The van der Waals surface area contributed by atoms with Gasteiger partial charge in [0.05, 0.1) is 7.11 Å². The molecule has 0 amide bonds. The lowest BCUT2D eigenvalue weighted by Gasteiger charge is -2.26. The van der Waals surface area contributed by atoms with Crippen LogP contribution < -0.4 is 25.6 Å². The molecule has 1 aliphatic heterocycles. The summed E-state index contributed by atoms with van der Waals surface area (Å²) in [5, 5.41) is 2.89. The van der Waals surface area contributed by atoms with E-state index in [-0.39, 0.29) is 11.4 Å². The van der Waals surface area contributed by atoms with Crippen molar-refractivity contribution < 1.29 is 9.47 Å². The lowest BCUT2D eigenvalue weighted by Crippen LogP contribution is -2.35. The van der Waals surface area contributed by atoms with Crippen LogP contribution in [0.5, 0.6) is 11.5 Å². The monoisotopic (exact) mass is 370 g/mol. The van der Waals surface area contributed by atoms with Gasteiger partial charge >= 0.3 is 0 Å². The number of hydrogen-bond donors (Lipinski definition) is 1. The van der Waals surface area contributed by atoms with E-state index in [9.17, 15) is 9.59 Å². The maximum absolute atomic E-state index is 11.4. The minimum Gasteiger partial charge on any atom is -0.491 e. The van der Waals surface area contributed by atoms with Crippen LogP contribution in [0, 0.1) is 0 Å². The number of ether oxygens (including phenoxy) is 2. The van der Waals surface area contributed by atoms with Crippen LogP contribution in [-0.4, -0.2) is 38.3 Å². The minimum absolute atomic E-state index is 0.107. The zero-order valence-electron chi connectivity index (χ0n) is 15.7. The molecular weight excluding hydrogens is 344 g/mol. The van der Waals surface area contributed by atoms with Crippen molar-refractivity contribution in [3.05, 3.63) is 62.4 Å². The number of nitrogens with zero attached hydrogens (tertiary/aromatic N) is 1. The first-order chi connectivity index (χ1) is 13.2.